The van der Waals surface area contributed by atoms with Crippen LogP contribution in [-0.4, -0.2) is 32.3 Å². The number of alkyl carbamates (subject to hydrolysis) is 1. The van der Waals surface area contributed by atoms with E-state index in [2.05, 4.69) is 17.6 Å². The predicted molar refractivity (Wildman–Crippen MR) is 52.8 cm³/mol. The van der Waals surface area contributed by atoms with E-state index in [-0.39, 0.29) is 6.09 Å². The molecule has 0 saturated carbocycles. The number of carbonyl (C=O) groups is 1. The smallest absolute Gasteiger partial charge is 0.407 e. The molecule has 0 bridgehead atoms. The van der Waals surface area contributed by atoms with Gasteiger partial charge in [0, 0.05) is 13.1 Å². The number of amides is 1. The van der Waals surface area contributed by atoms with Crippen LogP contribution in [0.25, 0.3) is 0 Å². The van der Waals surface area contributed by atoms with Gasteiger partial charge in [-0.3, -0.25) is 0 Å². The Labute approximate surface area is 80.0 Å². The minimum atomic E-state index is -0.319. The summed E-state index contributed by atoms with van der Waals surface area (Å²) >= 11 is 0. The maximum Gasteiger partial charge on any atom is 0.407 e. The molecular formula is C9H20N2O2. The molecule has 1 amide bonds. The first-order valence-electron chi connectivity index (χ1n) is 4.92. The Morgan fingerprint density at radius 3 is 2.46 bits per heavy atom. The molecule has 0 heterocycles. The summed E-state index contributed by atoms with van der Waals surface area (Å²) in [5, 5.41) is 5.78. The number of ether oxygens (including phenoxy) is 1. The molecule has 78 valence electrons. The molecule has 13 heavy (non-hydrogen) atoms. The molecular weight excluding hydrogens is 168 g/mol. The van der Waals surface area contributed by atoms with Gasteiger partial charge in [-0.05, 0) is 19.4 Å². The Balaban J connectivity index is 3.08. The fourth-order valence-electron chi connectivity index (χ4n) is 0.796. The summed E-state index contributed by atoms with van der Waals surface area (Å²) in [5.41, 5.74) is 0. The molecule has 0 rings (SSSR count). The first-order chi connectivity index (χ1) is 6.31. The molecule has 4 nitrogen and oxygen atoms in total. The zero-order valence-corrected chi connectivity index (χ0v) is 8.56. The maximum atomic E-state index is 10.9. The highest BCUT2D eigenvalue weighted by molar-refractivity contribution is 5.66. The zero-order valence-electron chi connectivity index (χ0n) is 8.56. The van der Waals surface area contributed by atoms with E-state index in [1.807, 2.05) is 6.92 Å². The molecule has 0 fully saturated rings. The number of hydrogen-bond acceptors (Lipinski definition) is 3. The summed E-state index contributed by atoms with van der Waals surface area (Å²) < 4.78 is 4.88. The van der Waals surface area contributed by atoms with Crippen LogP contribution in [0.4, 0.5) is 4.79 Å². The summed E-state index contributed by atoms with van der Waals surface area (Å²) in [7, 11) is 0. The average molecular weight is 188 g/mol. The second-order valence-electron chi connectivity index (χ2n) is 2.81. The number of carbonyl (C=O) groups excluding carboxylic acids is 1. The van der Waals surface area contributed by atoms with Crippen LogP contribution in [0.15, 0.2) is 0 Å². The van der Waals surface area contributed by atoms with E-state index in [0.29, 0.717) is 13.2 Å². The number of nitrogens with one attached hydrogen (secondary N) is 2. The van der Waals surface area contributed by atoms with Gasteiger partial charge in [-0.2, -0.15) is 0 Å². The lowest BCUT2D eigenvalue weighted by Crippen LogP contribution is -2.28. The van der Waals surface area contributed by atoms with Crippen LogP contribution >= 0.6 is 0 Å². The molecule has 0 radical (unpaired) electrons. The monoisotopic (exact) mass is 188 g/mol. The van der Waals surface area contributed by atoms with Crippen LogP contribution in [0, 0.1) is 0 Å². The summed E-state index contributed by atoms with van der Waals surface area (Å²) in [4.78, 5) is 10.9. The van der Waals surface area contributed by atoms with Crippen molar-refractivity contribution in [2.75, 3.05) is 26.2 Å². The van der Waals surface area contributed by atoms with Crippen molar-refractivity contribution in [3.63, 3.8) is 0 Å². The van der Waals surface area contributed by atoms with Crippen LogP contribution in [0.3, 0.4) is 0 Å². The minimum Gasteiger partial charge on any atom is -0.448 e. The van der Waals surface area contributed by atoms with Gasteiger partial charge in [-0.15, -0.1) is 0 Å². The zero-order chi connectivity index (χ0) is 9.94. The fraction of sp³-hybridized carbons (Fsp3) is 0.889. The minimum absolute atomic E-state index is 0.319. The fourth-order valence-corrected chi connectivity index (χ4v) is 0.796. The van der Waals surface area contributed by atoms with Gasteiger partial charge in [-0.1, -0.05) is 13.8 Å². The first-order valence-corrected chi connectivity index (χ1v) is 4.92. The average Bonchev–Trinajstić information content (AvgIpc) is 2.14. The highest BCUT2D eigenvalue weighted by Gasteiger charge is 1.97. The molecule has 0 aromatic heterocycles. The summed E-state index contributed by atoms with van der Waals surface area (Å²) in [6.07, 6.45) is 1.71. The van der Waals surface area contributed by atoms with E-state index in [1.54, 1.807) is 0 Å². The van der Waals surface area contributed by atoms with Gasteiger partial charge in [0.1, 0.15) is 6.61 Å². The van der Waals surface area contributed by atoms with Crippen LogP contribution in [0.2, 0.25) is 0 Å². The van der Waals surface area contributed by atoms with Crippen molar-refractivity contribution < 1.29 is 9.53 Å². The van der Waals surface area contributed by atoms with E-state index < -0.39 is 0 Å². The molecule has 0 aromatic carbocycles. The number of hydrogen-bond donors (Lipinski definition) is 2. The molecule has 0 aliphatic rings. The second-order valence-corrected chi connectivity index (χ2v) is 2.81. The van der Waals surface area contributed by atoms with E-state index in [0.717, 1.165) is 25.9 Å². The van der Waals surface area contributed by atoms with Crippen molar-refractivity contribution in [3.8, 4) is 0 Å². The van der Waals surface area contributed by atoms with Crippen molar-refractivity contribution in [3.05, 3.63) is 0 Å². The highest BCUT2D eigenvalue weighted by Crippen LogP contribution is 1.78. The second kappa shape index (κ2) is 9.32. The lowest BCUT2D eigenvalue weighted by atomic mass is 10.5. The molecule has 0 aromatic rings. The van der Waals surface area contributed by atoms with Crippen molar-refractivity contribution >= 4 is 6.09 Å². The third kappa shape index (κ3) is 9.14. The van der Waals surface area contributed by atoms with Gasteiger partial charge in [0.2, 0.25) is 0 Å². The summed E-state index contributed by atoms with van der Waals surface area (Å²) in [6, 6.07) is 0. The molecule has 4 heteroatoms. The van der Waals surface area contributed by atoms with Crippen molar-refractivity contribution in [2.45, 2.75) is 26.7 Å². The highest BCUT2D eigenvalue weighted by atomic mass is 16.5. The van der Waals surface area contributed by atoms with E-state index in [4.69, 9.17) is 4.74 Å². The largest absolute Gasteiger partial charge is 0.448 e. The number of rotatable bonds is 7. The standard InChI is InChI=1S/C9H20N2O2/c1-3-5-10-7-8-13-9(12)11-6-4-2/h10H,3-8H2,1-2H3,(H,11,12). The summed E-state index contributed by atoms with van der Waals surface area (Å²) in [6.45, 7) is 6.93. The third-order valence-corrected chi connectivity index (χ3v) is 1.46. The Hall–Kier alpha value is -0.770. The van der Waals surface area contributed by atoms with Gasteiger partial charge < -0.3 is 15.4 Å². The van der Waals surface area contributed by atoms with E-state index in [1.165, 1.54) is 0 Å². The molecule has 0 saturated heterocycles. The van der Waals surface area contributed by atoms with Gasteiger partial charge in [0.15, 0.2) is 0 Å². The molecule has 0 aliphatic heterocycles. The lowest BCUT2D eigenvalue weighted by molar-refractivity contribution is 0.147. The van der Waals surface area contributed by atoms with Gasteiger partial charge in [0.05, 0.1) is 0 Å². The molecule has 0 aliphatic carbocycles. The molecule has 2 N–H and O–H groups in total. The topological polar surface area (TPSA) is 50.4 Å². The Kier molecular flexibility index (Phi) is 8.77. The van der Waals surface area contributed by atoms with Crippen molar-refractivity contribution in [2.24, 2.45) is 0 Å². The van der Waals surface area contributed by atoms with E-state index >= 15 is 0 Å². The SMILES string of the molecule is CCCNCCOC(=O)NCCC. The van der Waals surface area contributed by atoms with Crippen LogP contribution in [0.5, 0.6) is 0 Å². The van der Waals surface area contributed by atoms with Crippen LogP contribution in [0.1, 0.15) is 26.7 Å². The van der Waals surface area contributed by atoms with Crippen LogP contribution in [-0.2, 0) is 4.74 Å². The van der Waals surface area contributed by atoms with Gasteiger partial charge in [0.25, 0.3) is 0 Å². The van der Waals surface area contributed by atoms with Gasteiger partial charge >= 0.3 is 6.09 Å². The predicted octanol–water partition coefficient (Wildman–Crippen LogP) is 1.12. The quantitative estimate of drug-likeness (QED) is 0.589. The van der Waals surface area contributed by atoms with E-state index in [9.17, 15) is 4.79 Å². The first kappa shape index (κ1) is 12.2. The summed E-state index contributed by atoms with van der Waals surface area (Å²) in [5.74, 6) is 0. The normalized spacial score (nSPS) is 9.69. The molecule has 0 unspecified atom stereocenters. The van der Waals surface area contributed by atoms with Crippen LogP contribution < -0.4 is 10.6 Å². The Morgan fingerprint density at radius 1 is 1.15 bits per heavy atom. The van der Waals surface area contributed by atoms with Crippen molar-refractivity contribution in [1.82, 2.24) is 10.6 Å². The molecule has 0 spiro atoms. The Morgan fingerprint density at radius 2 is 1.85 bits per heavy atom. The lowest BCUT2D eigenvalue weighted by Gasteiger charge is -2.06. The van der Waals surface area contributed by atoms with Gasteiger partial charge in [-0.25, -0.2) is 4.79 Å². The molecule has 0 atom stereocenters. The van der Waals surface area contributed by atoms with Crippen molar-refractivity contribution in [1.29, 1.82) is 0 Å². The Bertz CT molecular complexity index is 129. The third-order valence-electron chi connectivity index (χ3n) is 1.46. The maximum absolute atomic E-state index is 10.9.